The molecule has 1 aromatic rings. The van der Waals surface area contributed by atoms with Gasteiger partial charge in [0, 0.05) is 43.5 Å². The van der Waals surface area contributed by atoms with E-state index in [2.05, 4.69) is 42.0 Å². The molecule has 1 saturated heterocycles. The SMILES string of the molecule is CCC(=O)[C@@]1(C#CC(F)(F)F)CC[C@H]2[C@@H]3CCC4=CC(=O)CCC4=C3C(c3ccc(N4CCCCC4)cc3)C[C@@]21C. The van der Waals surface area contributed by atoms with Crippen LogP contribution in [0.25, 0.3) is 0 Å². The number of allylic oxidation sites excluding steroid dienone is 4. The third-order valence-electron chi connectivity index (χ3n) is 11.2. The number of alkyl halides is 3. The van der Waals surface area contributed by atoms with Crippen LogP contribution in [-0.2, 0) is 9.59 Å². The number of halogens is 3. The van der Waals surface area contributed by atoms with Gasteiger partial charge in [-0.15, -0.1) is 0 Å². The minimum absolute atomic E-state index is 0.0154. The lowest BCUT2D eigenvalue weighted by Gasteiger charge is -2.54. The summed E-state index contributed by atoms with van der Waals surface area (Å²) in [6, 6.07) is 8.80. The van der Waals surface area contributed by atoms with Crippen LogP contribution in [0, 0.1) is 34.5 Å². The van der Waals surface area contributed by atoms with Crippen LogP contribution < -0.4 is 4.90 Å². The standard InChI is InChI=1S/C35H40F3NO2/c1-3-31(41)34(17-18-35(36,37)38)16-15-30-28-13-9-24-21-26(40)12-14-27(24)32(28)29(22-33(30,34)2)23-7-10-25(11-8-23)39-19-5-4-6-20-39/h7-8,10-11,21,28-30H,3-6,9,12-16,19-20,22H2,1-2H3/t28-,29?,30-,33-,34-/m0/s1. The maximum atomic E-state index is 13.7. The summed E-state index contributed by atoms with van der Waals surface area (Å²) >= 11 is 0. The van der Waals surface area contributed by atoms with Crippen LogP contribution in [0.3, 0.4) is 0 Å². The molecule has 1 unspecified atom stereocenters. The van der Waals surface area contributed by atoms with Crippen molar-refractivity contribution in [3.8, 4) is 11.8 Å². The zero-order valence-electron chi connectivity index (χ0n) is 24.2. The number of hydrogen-bond acceptors (Lipinski definition) is 3. The summed E-state index contributed by atoms with van der Waals surface area (Å²) in [5, 5.41) is 0. The molecule has 1 heterocycles. The lowest BCUT2D eigenvalue weighted by Crippen LogP contribution is -2.50. The minimum Gasteiger partial charge on any atom is -0.372 e. The molecule has 6 heteroatoms. The van der Waals surface area contributed by atoms with Gasteiger partial charge in [0.15, 0.2) is 11.6 Å². The van der Waals surface area contributed by atoms with Crippen LogP contribution in [-0.4, -0.2) is 30.8 Å². The predicted molar refractivity (Wildman–Crippen MR) is 154 cm³/mol. The van der Waals surface area contributed by atoms with E-state index in [1.807, 2.05) is 6.08 Å². The Morgan fingerprint density at radius 3 is 2.46 bits per heavy atom. The van der Waals surface area contributed by atoms with E-state index in [1.54, 1.807) is 12.8 Å². The maximum absolute atomic E-state index is 13.7. The molecule has 0 amide bonds. The number of hydrogen-bond donors (Lipinski definition) is 0. The Morgan fingerprint density at radius 2 is 1.78 bits per heavy atom. The monoisotopic (exact) mass is 563 g/mol. The van der Waals surface area contributed by atoms with Gasteiger partial charge in [-0.2, -0.15) is 13.2 Å². The summed E-state index contributed by atoms with van der Waals surface area (Å²) in [4.78, 5) is 28.4. The van der Waals surface area contributed by atoms with E-state index in [9.17, 15) is 22.8 Å². The van der Waals surface area contributed by atoms with Crippen LogP contribution in [0.15, 0.2) is 47.1 Å². The second-order valence-electron chi connectivity index (χ2n) is 13.1. The number of nitrogens with zero attached hydrogens (tertiary/aromatic N) is 1. The van der Waals surface area contributed by atoms with Crippen molar-refractivity contribution < 1.29 is 22.8 Å². The van der Waals surface area contributed by atoms with E-state index >= 15 is 0 Å². The highest BCUT2D eigenvalue weighted by Gasteiger charge is 2.65. The Morgan fingerprint density at radius 1 is 1.05 bits per heavy atom. The summed E-state index contributed by atoms with van der Waals surface area (Å²) in [6.07, 6.45) is 5.62. The zero-order chi connectivity index (χ0) is 29.0. The first-order chi connectivity index (χ1) is 19.6. The number of fused-ring (bicyclic) bond motifs is 4. The number of ketones is 2. The highest BCUT2D eigenvalue weighted by molar-refractivity contribution is 5.93. The van der Waals surface area contributed by atoms with Gasteiger partial charge < -0.3 is 4.90 Å². The van der Waals surface area contributed by atoms with Gasteiger partial charge in [-0.05, 0) is 110 Å². The first kappa shape index (κ1) is 28.3. The molecule has 1 aromatic carbocycles. The summed E-state index contributed by atoms with van der Waals surface area (Å²) < 4.78 is 40.5. The Balaban J connectivity index is 1.48. The van der Waals surface area contributed by atoms with E-state index in [0.29, 0.717) is 25.7 Å². The fourth-order valence-electron chi connectivity index (χ4n) is 9.27. The van der Waals surface area contributed by atoms with Crippen molar-refractivity contribution in [1.82, 2.24) is 0 Å². The van der Waals surface area contributed by atoms with Gasteiger partial charge in [0.05, 0.1) is 5.41 Å². The summed E-state index contributed by atoms with van der Waals surface area (Å²) in [5.74, 6) is 4.45. The quantitative estimate of drug-likeness (QED) is 0.347. The van der Waals surface area contributed by atoms with E-state index in [4.69, 9.17) is 0 Å². The van der Waals surface area contributed by atoms with Gasteiger partial charge in [-0.1, -0.05) is 37.5 Å². The molecule has 2 saturated carbocycles. The fraction of sp³-hybridized carbons (Fsp3) is 0.600. The van der Waals surface area contributed by atoms with Crippen molar-refractivity contribution >= 4 is 17.3 Å². The smallest absolute Gasteiger partial charge is 0.372 e. The van der Waals surface area contributed by atoms with Gasteiger partial charge in [-0.25, -0.2) is 0 Å². The van der Waals surface area contributed by atoms with Crippen molar-refractivity contribution in [1.29, 1.82) is 0 Å². The van der Waals surface area contributed by atoms with Crippen LogP contribution in [0.1, 0.15) is 96.0 Å². The minimum atomic E-state index is -4.64. The van der Waals surface area contributed by atoms with E-state index in [1.165, 1.54) is 36.1 Å². The van der Waals surface area contributed by atoms with Crippen LogP contribution >= 0.6 is 0 Å². The number of anilines is 1. The molecule has 41 heavy (non-hydrogen) atoms. The number of benzene rings is 1. The van der Waals surface area contributed by atoms with Gasteiger partial charge in [0.25, 0.3) is 0 Å². The zero-order valence-corrected chi connectivity index (χ0v) is 24.2. The number of rotatable bonds is 4. The highest BCUT2D eigenvalue weighted by atomic mass is 19.4. The van der Waals surface area contributed by atoms with Crippen molar-refractivity contribution in [3.63, 3.8) is 0 Å². The molecule has 3 fully saturated rings. The molecular formula is C35H40F3NO2. The fourth-order valence-corrected chi connectivity index (χ4v) is 9.27. The molecule has 0 spiro atoms. The molecule has 0 bridgehead atoms. The number of piperidine rings is 1. The average molecular weight is 564 g/mol. The first-order valence-electron chi connectivity index (χ1n) is 15.5. The second-order valence-corrected chi connectivity index (χ2v) is 13.1. The molecule has 1 aliphatic heterocycles. The van der Waals surface area contributed by atoms with Crippen molar-refractivity contribution in [2.24, 2.45) is 22.7 Å². The highest BCUT2D eigenvalue weighted by Crippen LogP contribution is 2.70. The summed E-state index contributed by atoms with van der Waals surface area (Å²) in [5.41, 5.74) is 4.22. The average Bonchev–Trinajstić information content (AvgIpc) is 3.27. The lowest BCUT2D eigenvalue weighted by molar-refractivity contribution is -0.132. The van der Waals surface area contributed by atoms with Gasteiger partial charge in [-0.3, -0.25) is 9.59 Å². The third kappa shape index (κ3) is 4.78. The van der Waals surface area contributed by atoms with Crippen molar-refractivity contribution in [2.45, 2.75) is 96.6 Å². The lowest BCUT2D eigenvalue weighted by atomic mass is 9.48. The number of carbonyl (C=O) groups is 2. The van der Waals surface area contributed by atoms with Crippen LogP contribution in [0.4, 0.5) is 18.9 Å². The Bertz CT molecular complexity index is 1350. The molecular weight excluding hydrogens is 523 g/mol. The number of Topliss-reactive ketones (excluding diaryl/α,β-unsaturated/α-hetero) is 1. The Kier molecular flexibility index (Phi) is 7.23. The second kappa shape index (κ2) is 10.5. The molecule has 0 aromatic heterocycles. The largest absolute Gasteiger partial charge is 0.457 e. The Labute approximate surface area is 241 Å². The number of carbonyl (C=O) groups excluding carboxylic acids is 2. The van der Waals surface area contributed by atoms with Crippen molar-refractivity contribution in [3.05, 3.63) is 52.6 Å². The third-order valence-corrected chi connectivity index (χ3v) is 11.2. The molecule has 5 atom stereocenters. The molecule has 218 valence electrons. The van der Waals surface area contributed by atoms with E-state index in [-0.39, 0.29) is 35.7 Å². The predicted octanol–water partition coefficient (Wildman–Crippen LogP) is 8.11. The van der Waals surface area contributed by atoms with Gasteiger partial charge in [0.2, 0.25) is 0 Å². The molecule has 3 nitrogen and oxygen atoms in total. The van der Waals surface area contributed by atoms with Gasteiger partial charge >= 0.3 is 6.18 Å². The molecule has 4 aliphatic carbocycles. The summed E-state index contributed by atoms with van der Waals surface area (Å²) in [6.45, 7) is 5.93. The Hall–Kier alpha value is -2.81. The molecule has 0 radical (unpaired) electrons. The topological polar surface area (TPSA) is 37.4 Å². The van der Waals surface area contributed by atoms with Crippen LogP contribution in [0.2, 0.25) is 0 Å². The van der Waals surface area contributed by atoms with Gasteiger partial charge in [0.1, 0.15) is 0 Å². The maximum Gasteiger partial charge on any atom is 0.457 e. The van der Waals surface area contributed by atoms with E-state index in [0.717, 1.165) is 43.5 Å². The normalized spacial score (nSPS) is 33.3. The first-order valence-corrected chi connectivity index (χ1v) is 15.5. The summed E-state index contributed by atoms with van der Waals surface area (Å²) in [7, 11) is 0. The molecule has 5 aliphatic rings. The molecule has 6 rings (SSSR count). The van der Waals surface area contributed by atoms with Crippen molar-refractivity contribution in [2.75, 3.05) is 18.0 Å². The van der Waals surface area contributed by atoms with Crippen LogP contribution in [0.5, 0.6) is 0 Å². The molecule has 0 N–H and O–H groups in total. The van der Waals surface area contributed by atoms with E-state index < -0.39 is 17.0 Å².